The van der Waals surface area contributed by atoms with Crippen molar-refractivity contribution in [2.75, 3.05) is 13.2 Å². The molecule has 2 heteroatoms. The third-order valence-corrected chi connectivity index (χ3v) is 3.58. The van der Waals surface area contributed by atoms with Crippen LogP contribution in [0.25, 0.3) is 0 Å². The Morgan fingerprint density at radius 3 is 2.69 bits per heavy atom. The smallest absolute Gasteiger partial charge is 0.0471 e. The van der Waals surface area contributed by atoms with Gasteiger partial charge in [0.15, 0.2) is 0 Å². The van der Waals surface area contributed by atoms with Gasteiger partial charge in [-0.3, -0.25) is 0 Å². The van der Waals surface area contributed by atoms with Crippen LogP contribution >= 0.6 is 0 Å². The third-order valence-electron chi connectivity index (χ3n) is 3.58. The minimum Gasteiger partial charge on any atom is -0.396 e. The van der Waals surface area contributed by atoms with Crippen LogP contribution in [0.4, 0.5) is 0 Å². The highest BCUT2D eigenvalue weighted by atomic mass is 16.3. The monoisotopic (exact) mass is 219 g/mol. The molecule has 1 aromatic carbocycles. The number of piperidine rings is 1. The van der Waals surface area contributed by atoms with Gasteiger partial charge in [-0.1, -0.05) is 23.8 Å². The summed E-state index contributed by atoms with van der Waals surface area (Å²) in [5.41, 5.74) is 4.12. The quantitative estimate of drug-likeness (QED) is 0.800. The Kier molecular flexibility index (Phi) is 3.62. The zero-order chi connectivity index (χ0) is 11.5. The summed E-state index contributed by atoms with van der Waals surface area (Å²) in [6, 6.07) is 7.14. The summed E-state index contributed by atoms with van der Waals surface area (Å²) in [4.78, 5) is 0. The lowest BCUT2D eigenvalue weighted by Gasteiger charge is -2.30. The van der Waals surface area contributed by atoms with E-state index in [0.29, 0.717) is 18.6 Å². The Labute approximate surface area is 97.7 Å². The Balaban J connectivity index is 2.08. The maximum absolute atomic E-state index is 9.10. The molecule has 2 rings (SSSR count). The van der Waals surface area contributed by atoms with E-state index in [4.69, 9.17) is 5.11 Å². The first-order chi connectivity index (χ1) is 7.70. The molecule has 1 aromatic rings. The maximum Gasteiger partial charge on any atom is 0.0471 e. The highest BCUT2D eigenvalue weighted by molar-refractivity contribution is 5.33. The van der Waals surface area contributed by atoms with Gasteiger partial charge in [0.2, 0.25) is 0 Å². The zero-order valence-corrected chi connectivity index (χ0v) is 10.2. The van der Waals surface area contributed by atoms with Gasteiger partial charge in [0.1, 0.15) is 0 Å². The number of aryl methyl sites for hydroxylation is 2. The molecule has 2 atom stereocenters. The minimum absolute atomic E-state index is 0.312. The number of aliphatic hydroxyl groups is 1. The predicted molar refractivity (Wildman–Crippen MR) is 66.5 cm³/mol. The van der Waals surface area contributed by atoms with E-state index in [0.717, 1.165) is 19.4 Å². The molecule has 1 aliphatic heterocycles. The average Bonchev–Trinajstić information content (AvgIpc) is 2.29. The van der Waals surface area contributed by atoms with Crippen LogP contribution in [0.3, 0.4) is 0 Å². The van der Waals surface area contributed by atoms with E-state index in [-0.39, 0.29) is 0 Å². The predicted octanol–water partition coefficient (Wildman–Crippen LogP) is 2.34. The van der Waals surface area contributed by atoms with Crippen molar-refractivity contribution in [1.29, 1.82) is 0 Å². The Hall–Kier alpha value is -0.860. The second-order valence-corrected chi connectivity index (χ2v) is 4.95. The molecule has 1 fully saturated rings. The van der Waals surface area contributed by atoms with E-state index in [9.17, 15) is 0 Å². The molecule has 1 aliphatic rings. The lowest BCUT2D eigenvalue weighted by molar-refractivity contribution is 0.183. The fourth-order valence-corrected chi connectivity index (χ4v) is 2.55. The van der Waals surface area contributed by atoms with Crippen LogP contribution in [-0.4, -0.2) is 18.3 Å². The van der Waals surface area contributed by atoms with Gasteiger partial charge >= 0.3 is 0 Å². The largest absolute Gasteiger partial charge is 0.396 e. The molecule has 2 nitrogen and oxygen atoms in total. The molecule has 0 saturated carbocycles. The highest BCUT2D eigenvalue weighted by Crippen LogP contribution is 2.28. The molecule has 0 aromatic heterocycles. The number of rotatable bonds is 2. The van der Waals surface area contributed by atoms with Crippen molar-refractivity contribution < 1.29 is 5.11 Å². The van der Waals surface area contributed by atoms with Crippen LogP contribution < -0.4 is 5.32 Å². The van der Waals surface area contributed by atoms with Crippen molar-refractivity contribution in [1.82, 2.24) is 5.32 Å². The van der Waals surface area contributed by atoms with Crippen molar-refractivity contribution in [2.45, 2.75) is 32.7 Å². The van der Waals surface area contributed by atoms with E-state index in [1.54, 1.807) is 0 Å². The second kappa shape index (κ2) is 4.98. The summed E-state index contributed by atoms with van der Waals surface area (Å²) >= 11 is 0. The molecular formula is C14H21NO. The van der Waals surface area contributed by atoms with Crippen molar-refractivity contribution in [3.8, 4) is 0 Å². The average molecular weight is 219 g/mol. The van der Waals surface area contributed by atoms with Gasteiger partial charge in [0.05, 0.1) is 0 Å². The molecule has 2 unspecified atom stereocenters. The molecular weight excluding hydrogens is 198 g/mol. The van der Waals surface area contributed by atoms with Gasteiger partial charge < -0.3 is 10.4 Å². The topological polar surface area (TPSA) is 32.3 Å². The number of hydrogen-bond acceptors (Lipinski definition) is 2. The van der Waals surface area contributed by atoms with Gasteiger partial charge in [-0.05, 0) is 43.7 Å². The fourth-order valence-electron chi connectivity index (χ4n) is 2.55. The summed E-state index contributed by atoms with van der Waals surface area (Å²) in [5, 5.41) is 12.6. The molecule has 0 aliphatic carbocycles. The SMILES string of the molecule is Cc1ccc(C2CCC(CO)CN2)c(C)c1. The zero-order valence-electron chi connectivity index (χ0n) is 10.2. The molecule has 0 spiro atoms. The molecule has 0 radical (unpaired) electrons. The van der Waals surface area contributed by atoms with Gasteiger partial charge in [-0.15, -0.1) is 0 Å². The van der Waals surface area contributed by atoms with Gasteiger partial charge in [0.25, 0.3) is 0 Å². The minimum atomic E-state index is 0.312. The van der Waals surface area contributed by atoms with Gasteiger partial charge in [0, 0.05) is 19.2 Å². The molecule has 0 bridgehead atoms. The lowest BCUT2D eigenvalue weighted by Crippen LogP contribution is -2.35. The van der Waals surface area contributed by atoms with E-state index in [1.165, 1.54) is 16.7 Å². The molecule has 1 heterocycles. The van der Waals surface area contributed by atoms with Crippen molar-refractivity contribution in [2.24, 2.45) is 5.92 Å². The Morgan fingerprint density at radius 1 is 1.31 bits per heavy atom. The molecule has 16 heavy (non-hydrogen) atoms. The summed E-state index contributed by atoms with van der Waals surface area (Å²) < 4.78 is 0. The number of aliphatic hydroxyl groups excluding tert-OH is 1. The first kappa shape index (κ1) is 11.6. The van der Waals surface area contributed by atoms with E-state index in [1.807, 2.05) is 0 Å². The Morgan fingerprint density at radius 2 is 2.12 bits per heavy atom. The Bertz CT molecular complexity index is 354. The van der Waals surface area contributed by atoms with Crippen LogP contribution in [0.2, 0.25) is 0 Å². The summed E-state index contributed by atoms with van der Waals surface area (Å²) in [6.45, 7) is 5.57. The molecule has 88 valence electrons. The summed E-state index contributed by atoms with van der Waals surface area (Å²) in [5.74, 6) is 0.446. The summed E-state index contributed by atoms with van der Waals surface area (Å²) in [7, 11) is 0. The molecule has 1 saturated heterocycles. The number of hydrogen-bond donors (Lipinski definition) is 2. The molecule has 2 N–H and O–H groups in total. The lowest BCUT2D eigenvalue weighted by atomic mass is 9.89. The van der Waals surface area contributed by atoms with Crippen molar-refractivity contribution in [3.63, 3.8) is 0 Å². The van der Waals surface area contributed by atoms with Crippen LogP contribution in [0.15, 0.2) is 18.2 Å². The second-order valence-electron chi connectivity index (χ2n) is 4.95. The van der Waals surface area contributed by atoms with E-state index in [2.05, 4.69) is 37.4 Å². The number of benzene rings is 1. The van der Waals surface area contributed by atoms with Crippen LogP contribution in [0.1, 0.15) is 35.6 Å². The maximum atomic E-state index is 9.10. The van der Waals surface area contributed by atoms with Gasteiger partial charge in [-0.2, -0.15) is 0 Å². The molecule has 0 amide bonds. The van der Waals surface area contributed by atoms with Gasteiger partial charge in [-0.25, -0.2) is 0 Å². The normalized spacial score (nSPS) is 25.7. The van der Waals surface area contributed by atoms with Crippen molar-refractivity contribution in [3.05, 3.63) is 34.9 Å². The van der Waals surface area contributed by atoms with Crippen LogP contribution in [0.5, 0.6) is 0 Å². The standard InChI is InChI=1S/C14H21NO/c1-10-3-5-13(11(2)7-10)14-6-4-12(9-16)8-15-14/h3,5,7,12,14-16H,4,6,8-9H2,1-2H3. The highest BCUT2D eigenvalue weighted by Gasteiger charge is 2.21. The fraction of sp³-hybridized carbons (Fsp3) is 0.571. The van der Waals surface area contributed by atoms with E-state index >= 15 is 0 Å². The number of nitrogens with one attached hydrogen (secondary N) is 1. The van der Waals surface area contributed by atoms with Crippen molar-refractivity contribution >= 4 is 0 Å². The summed E-state index contributed by atoms with van der Waals surface area (Å²) in [6.07, 6.45) is 2.26. The van der Waals surface area contributed by atoms with Crippen LogP contribution in [-0.2, 0) is 0 Å². The van der Waals surface area contributed by atoms with Crippen LogP contribution in [0, 0.1) is 19.8 Å². The first-order valence-corrected chi connectivity index (χ1v) is 6.12. The first-order valence-electron chi connectivity index (χ1n) is 6.12. The van der Waals surface area contributed by atoms with E-state index < -0.39 is 0 Å². The third kappa shape index (κ3) is 2.45.